The number of non-ortho nitro benzene ring substituents is 1. The SMILES string of the molecule is O=C1OC(CCc2ccccc2)(CCc2ccccc2)CC(O)=C1Cc1cccc([N+](=O)[O-])c1. The van der Waals surface area contributed by atoms with Crippen LogP contribution >= 0.6 is 0 Å². The molecule has 0 radical (unpaired) electrons. The van der Waals surface area contributed by atoms with Crippen LogP contribution in [0.5, 0.6) is 0 Å². The molecule has 0 amide bonds. The van der Waals surface area contributed by atoms with E-state index in [-0.39, 0.29) is 29.9 Å². The highest BCUT2D eigenvalue weighted by Gasteiger charge is 2.41. The molecule has 3 aromatic rings. The maximum Gasteiger partial charge on any atom is 0.338 e. The number of benzene rings is 3. The van der Waals surface area contributed by atoms with Crippen molar-refractivity contribution in [3.8, 4) is 0 Å². The van der Waals surface area contributed by atoms with Gasteiger partial charge in [-0.05, 0) is 42.4 Å². The molecule has 0 spiro atoms. The lowest BCUT2D eigenvalue weighted by Crippen LogP contribution is -2.41. The van der Waals surface area contributed by atoms with Crippen LogP contribution in [0.15, 0.2) is 96.3 Å². The molecule has 174 valence electrons. The third-order valence-electron chi connectivity index (χ3n) is 6.32. The fourth-order valence-electron chi connectivity index (χ4n) is 4.42. The number of aryl methyl sites for hydroxylation is 2. The van der Waals surface area contributed by atoms with Crippen LogP contribution < -0.4 is 0 Å². The molecule has 6 nitrogen and oxygen atoms in total. The molecule has 0 fully saturated rings. The Hall–Kier alpha value is -3.93. The first-order chi connectivity index (χ1) is 16.4. The molecule has 1 aliphatic heterocycles. The lowest BCUT2D eigenvalue weighted by atomic mass is 9.82. The Morgan fingerprint density at radius 2 is 1.41 bits per heavy atom. The summed E-state index contributed by atoms with van der Waals surface area (Å²) in [5, 5.41) is 22.0. The molecule has 6 heteroatoms. The highest BCUT2D eigenvalue weighted by atomic mass is 16.6. The van der Waals surface area contributed by atoms with E-state index in [0.717, 1.165) is 24.0 Å². The summed E-state index contributed by atoms with van der Waals surface area (Å²) in [6.45, 7) is 0. The number of aliphatic hydroxyl groups excluding tert-OH is 1. The topological polar surface area (TPSA) is 89.7 Å². The molecule has 34 heavy (non-hydrogen) atoms. The summed E-state index contributed by atoms with van der Waals surface area (Å²) >= 11 is 0. The van der Waals surface area contributed by atoms with E-state index in [1.54, 1.807) is 12.1 Å². The van der Waals surface area contributed by atoms with E-state index in [1.165, 1.54) is 12.1 Å². The third-order valence-corrected chi connectivity index (χ3v) is 6.32. The van der Waals surface area contributed by atoms with Crippen LogP contribution in [0.2, 0.25) is 0 Å². The van der Waals surface area contributed by atoms with Crippen molar-refractivity contribution in [3.63, 3.8) is 0 Å². The van der Waals surface area contributed by atoms with Crippen molar-refractivity contribution in [2.75, 3.05) is 0 Å². The van der Waals surface area contributed by atoms with Gasteiger partial charge >= 0.3 is 5.97 Å². The Balaban J connectivity index is 1.56. The summed E-state index contributed by atoms with van der Waals surface area (Å²) in [4.78, 5) is 23.7. The highest BCUT2D eigenvalue weighted by molar-refractivity contribution is 5.90. The van der Waals surface area contributed by atoms with Gasteiger partial charge in [-0.15, -0.1) is 0 Å². The van der Waals surface area contributed by atoms with Gasteiger partial charge in [0.2, 0.25) is 0 Å². The summed E-state index contributed by atoms with van der Waals surface area (Å²) in [7, 11) is 0. The summed E-state index contributed by atoms with van der Waals surface area (Å²) < 4.78 is 6.06. The molecule has 0 bridgehead atoms. The van der Waals surface area contributed by atoms with Crippen molar-refractivity contribution in [3.05, 3.63) is 123 Å². The van der Waals surface area contributed by atoms with Crippen molar-refractivity contribution in [1.29, 1.82) is 0 Å². The second-order valence-corrected chi connectivity index (χ2v) is 8.75. The molecule has 0 aliphatic carbocycles. The summed E-state index contributed by atoms with van der Waals surface area (Å²) in [5.41, 5.74) is 2.15. The van der Waals surface area contributed by atoms with E-state index in [4.69, 9.17) is 4.74 Å². The summed E-state index contributed by atoms with van der Waals surface area (Å²) in [6, 6.07) is 26.1. The molecule has 0 aromatic heterocycles. The average molecular weight is 458 g/mol. The number of aliphatic hydroxyl groups is 1. The van der Waals surface area contributed by atoms with E-state index >= 15 is 0 Å². The van der Waals surface area contributed by atoms with Gasteiger partial charge < -0.3 is 9.84 Å². The number of nitro groups is 1. The zero-order chi connectivity index (χ0) is 24.0. The molecule has 1 N–H and O–H groups in total. The Morgan fingerprint density at radius 3 is 1.94 bits per heavy atom. The van der Waals surface area contributed by atoms with Gasteiger partial charge in [0.15, 0.2) is 0 Å². The first kappa shape index (κ1) is 23.2. The molecule has 0 saturated carbocycles. The lowest BCUT2D eigenvalue weighted by Gasteiger charge is -2.37. The van der Waals surface area contributed by atoms with Crippen LogP contribution in [0.4, 0.5) is 5.69 Å². The third kappa shape index (κ3) is 5.70. The minimum atomic E-state index is -0.820. The number of hydrogen-bond acceptors (Lipinski definition) is 5. The number of hydrogen-bond donors (Lipinski definition) is 1. The lowest BCUT2D eigenvalue weighted by molar-refractivity contribution is -0.384. The van der Waals surface area contributed by atoms with Crippen molar-refractivity contribution < 1.29 is 19.6 Å². The zero-order valence-corrected chi connectivity index (χ0v) is 18.9. The molecule has 1 aliphatic rings. The Morgan fingerprint density at radius 1 is 0.853 bits per heavy atom. The van der Waals surface area contributed by atoms with Crippen LogP contribution in [0, 0.1) is 10.1 Å². The van der Waals surface area contributed by atoms with Gasteiger partial charge in [0.1, 0.15) is 11.4 Å². The normalized spacial score (nSPS) is 15.1. The number of nitrogens with zero attached hydrogens (tertiary/aromatic N) is 1. The van der Waals surface area contributed by atoms with E-state index in [2.05, 4.69) is 0 Å². The van der Waals surface area contributed by atoms with Crippen molar-refractivity contribution in [2.45, 2.75) is 44.1 Å². The van der Waals surface area contributed by atoms with E-state index in [9.17, 15) is 20.0 Å². The predicted octanol–water partition coefficient (Wildman–Crippen LogP) is 5.90. The van der Waals surface area contributed by atoms with Crippen molar-refractivity contribution in [1.82, 2.24) is 0 Å². The fourth-order valence-corrected chi connectivity index (χ4v) is 4.42. The monoisotopic (exact) mass is 457 g/mol. The van der Waals surface area contributed by atoms with Gasteiger partial charge in [-0.1, -0.05) is 72.8 Å². The van der Waals surface area contributed by atoms with Gasteiger partial charge in [-0.3, -0.25) is 10.1 Å². The smallest absolute Gasteiger partial charge is 0.338 e. The number of cyclic esters (lactones) is 1. The van der Waals surface area contributed by atoms with Crippen molar-refractivity contribution >= 4 is 11.7 Å². The number of rotatable bonds is 9. The van der Waals surface area contributed by atoms with Gasteiger partial charge in [-0.25, -0.2) is 4.79 Å². The quantitative estimate of drug-likeness (QED) is 0.245. The standard InChI is InChI=1S/C28H27NO5/c30-26-20-28(16-14-21-8-3-1-4-9-21,17-15-22-10-5-2-6-11-22)34-27(31)25(26)19-23-12-7-13-24(18-23)29(32)33/h1-13,18,30H,14-17,19-20H2. The fraction of sp³-hybridized carbons (Fsp3) is 0.250. The number of esters is 1. The van der Waals surface area contributed by atoms with E-state index in [0.29, 0.717) is 18.4 Å². The Kier molecular flexibility index (Phi) is 7.07. The maximum absolute atomic E-state index is 13.1. The minimum absolute atomic E-state index is 0.00359. The summed E-state index contributed by atoms with van der Waals surface area (Å²) in [5.74, 6) is -0.555. The van der Waals surface area contributed by atoms with Gasteiger partial charge in [0, 0.05) is 25.0 Å². The van der Waals surface area contributed by atoms with Gasteiger partial charge in [0.05, 0.1) is 10.5 Å². The molecule has 4 rings (SSSR count). The summed E-state index contributed by atoms with van der Waals surface area (Å²) in [6.07, 6.45) is 2.92. The molecule has 0 atom stereocenters. The van der Waals surface area contributed by atoms with Crippen molar-refractivity contribution in [2.24, 2.45) is 0 Å². The van der Waals surface area contributed by atoms with Gasteiger partial charge in [-0.2, -0.15) is 0 Å². The van der Waals surface area contributed by atoms with Crippen LogP contribution in [-0.2, 0) is 28.8 Å². The first-order valence-electron chi connectivity index (χ1n) is 11.4. The number of carbonyl (C=O) groups excluding carboxylic acids is 1. The zero-order valence-electron chi connectivity index (χ0n) is 18.9. The average Bonchev–Trinajstić information content (AvgIpc) is 2.85. The van der Waals surface area contributed by atoms with Crippen LogP contribution in [0.3, 0.4) is 0 Å². The molecule has 3 aromatic carbocycles. The number of nitro benzene ring substituents is 1. The number of carbonyl (C=O) groups is 1. The number of ether oxygens (including phenoxy) is 1. The second kappa shape index (κ2) is 10.3. The minimum Gasteiger partial charge on any atom is -0.512 e. The molecule has 0 unspecified atom stereocenters. The Labute approximate surface area is 198 Å². The van der Waals surface area contributed by atoms with Crippen LogP contribution in [-0.4, -0.2) is 21.6 Å². The first-order valence-corrected chi connectivity index (χ1v) is 11.4. The van der Waals surface area contributed by atoms with E-state index < -0.39 is 16.5 Å². The largest absolute Gasteiger partial charge is 0.512 e. The Bertz CT molecular complexity index is 1140. The van der Waals surface area contributed by atoms with E-state index in [1.807, 2.05) is 60.7 Å². The molecular weight excluding hydrogens is 430 g/mol. The molecular formula is C28H27NO5. The second-order valence-electron chi connectivity index (χ2n) is 8.75. The van der Waals surface area contributed by atoms with Crippen LogP contribution in [0.1, 0.15) is 36.0 Å². The maximum atomic E-state index is 13.1. The highest BCUT2D eigenvalue weighted by Crippen LogP contribution is 2.37. The molecule has 1 heterocycles. The van der Waals surface area contributed by atoms with Gasteiger partial charge in [0.25, 0.3) is 5.69 Å². The molecule has 0 saturated heterocycles. The van der Waals surface area contributed by atoms with Crippen LogP contribution in [0.25, 0.3) is 0 Å². The predicted molar refractivity (Wildman–Crippen MR) is 129 cm³/mol.